The first-order valence-electron chi connectivity index (χ1n) is 10.8. The van der Waals surface area contributed by atoms with Gasteiger partial charge in [-0.25, -0.2) is 12.8 Å². The van der Waals surface area contributed by atoms with Gasteiger partial charge in [0.2, 0.25) is 15.9 Å². The molecule has 1 saturated heterocycles. The highest BCUT2D eigenvalue weighted by Gasteiger charge is 2.20. The third-order valence-electron chi connectivity index (χ3n) is 5.24. The number of sulfonamides is 1. The third kappa shape index (κ3) is 7.26. The molecule has 0 spiro atoms. The van der Waals surface area contributed by atoms with Crippen molar-refractivity contribution in [2.45, 2.75) is 31.8 Å². The summed E-state index contributed by atoms with van der Waals surface area (Å²) >= 11 is 0. The maximum Gasteiger partial charge on any atom is 0.253 e. The molecule has 2 aromatic rings. The molecule has 3 rings (SSSR count). The van der Waals surface area contributed by atoms with Crippen LogP contribution in [0.4, 0.5) is 15.8 Å². The smallest absolute Gasteiger partial charge is 0.253 e. The summed E-state index contributed by atoms with van der Waals surface area (Å²) in [6.07, 6.45) is 3.23. The molecular weight excluding hydrogens is 449 g/mol. The van der Waals surface area contributed by atoms with Gasteiger partial charge < -0.3 is 15.4 Å². The lowest BCUT2D eigenvalue weighted by Crippen LogP contribution is -2.32. The van der Waals surface area contributed by atoms with Crippen LogP contribution in [-0.2, 0) is 19.6 Å². The second-order valence-corrected chi connectivity index (χ2v) is 9.76. The molecule has 0 unspecified atom stereocenters. The highest BCUT2D eigenvalue weighted by atomic mass is 32.2. The number of hydrogen-bond acceptors (Lipinski definition) is 5. The predicted molar refractivity (Wildman–Crippen MR) is 124 cm³/mol. The van der Waals surface area contributed by atoms with Crippen LogP contribution < -0.4 is 14.9 Å². The Bertz CT molecular complexity index is 1070. The summed E-state index contributed by atoms with van der Waals surface area (Å²) in [6.45, 7) is 1.17. The van der Waals surface area contributed by atoms with E-state index in [1.165, 1.54) is 24.3 Å². The fourth-order valence-corrected chi connectivity index (χ4v) is 4.55. The SMILES string of the molecule is CS(=O)(=O)N(CCCC(=O)Nc1ccccc1C(=O)NC[C@H]1CCCO1)c1ccc(F)cc1. The molecule has 2 aromatic carbocycles. The molecule has 1 aliphatic heterocycles. The van der Waals surface area contributed by atoms with Crippen molar-refractivity contribution in [1.29, 1.82) is 0 Å². The minimum atomic E-state index is -3.60. The zero-order valence-electron chi connectivity index (χ0n) is 18.4. The molecule has 1 aliphatic rings. The minimum absolute atomic E-state index is 0.00889. The number of halogens is 1. The van der Waals surface area contributed by atoms with Gasteiger partial charge in [0.05, 0.1) is 29.3 Å². The summed E-state index contributed by atoms with van der Waals surface area (Å²) in [7, 11) is -3.60. The normalized spacial score (nSPS) is 15.8. The van der Waals surface area contributed by atoms with Gasteiger partial charge in [0.1, 0.15) is 5.82 Å². The zero-order chi connectivity index (χ0) is 23.8. The minimum Gasteiger partial charge on any atom is -0.376 e. The average Bonchev–Trinajstić information content (AvgIpc) is 3.29. The van der Waals surface area contributed by atoms with Gasteiger partial charge in [-0.3, -0.25) is 13.9 Å². The lowest BCUT2D eigenvalue weighted by Gasteiger charge is -2.22. The number of nitrogens with zero attached hydrogens (tertiary/aromatic N) is 1. The molecule has 0 bridgehead atoms. The summed E-state index contributed by atoms with van der Waals surface area (Å²) in [5.41, 5.74) is 1.05. The fourth-order valence-electron chi connectivity index (χ4n) is 3.59. The van der Waals surface area contributed by atoms with Gasteiger partial charge in [0, 0.05) is 26.1 Å². The molecule has 10 heteroatoms. The largest absolute Gasteiger partial charge is 0.376 e. The van der Waals surface area contributed by atoms with Crippen LogP contribution in [0, 0.1) is 5.82 Å². The predicted octanol–water partition coefficient (Wildman–Crippen LogP) is 2.92. The average molecular weight is 478 g/mol. The summed E-state index contributed by atoms with van der Waals surface area (Å²) in [4.78, 5) is 25.1. The number of amides is 2. The van der Waals surface area contributed by atoms with Crippen molar-refractivity contribution in [3.8, 4) is 0 Å². The van der Waals surface area contributed by atoms with E-state index in [1.807, 2.05) is 0 Å². The molecule has 0 saturated carbocycles. The van der Waals surface area contributed by atoms with Crippen LogP contribution >= 0.6 is 0 Å². The molecule has 33 heavy (non-hydrogen) atoms. The first-order chi connectivity index (χ1) is 15.7. The Hall–Kier alpha value is -2.98. The van der Waals surface area contributed by atoms with Gasteiger partial charge in [0.15, 0.2) is 0 Å². The molecule has 0 aromatic heterocycles. The van der Waals surface area contributed by atoms with E-state index < -0.39 is 15.8 Å². The van der Waals surface area contributed by atoms with E-state index in [-0.39, 0.29) is 37.3 Å². The Kier molecular flexibility index (Phi) is 8.40. The van der Waals surface area contributed by atoms with Gasteiger partial charge >= 0.3 is 0 Å². The van der Waals surface area contributed by atoms with Crippen LogP contribution in [0.3, 0.4) is 0 Å². The van der Waals surface area contributed by atoms with Crippen LogP contribution in [-0.4, -0.2) is 52.3 Å². The molecule has 8 nitrogen and oxygen atoms in total. The van der Waals surface area contributed by atoms with Crippen molar-refractivity contribution in [2.24, 2.45) is 0 Å². The number of hydrogen-bond donors (Lipinski definition) is 2. The van der Waals surface area contributed by atoms with E-state index >= 15 is 0 Å². The van der Waals surface area contributed by atoms with Gasteiger partial charge in [-0.05, 0) is 55.7 Å². The number of carbonyl (C=O) groups is 2. The van der Waals surface area contributed by atoms with Gasteiger partial charge in [0.25, 0.3) is 5.91 Å². The number of rotatable bonds is 10. The molecule has 0 aliphatic carbocycles. The maximum atomic E-state index is 13.2. The van der Waals surface area contributed by atoms with Crippen LogP contribution in [0.5, 0.6) is 0 Å². The molecule has 1 fully saturated rings. The summed E-state index contributed by atoms with van der Waals surface area (Å²) in [6, 6.07) is 11.8. The molecule has 0 radical (unpaired) electrons. The Morgan fingerprint density at radius 1 is 1.15 bits per heavy atom. The van der Waals surface area contributed by atoms with E-state index in [0.29, 0.717) is 30.1 Å². The highest BCUT2D eigenvalue weighted by Crippen LogP contribution is 2.20. The van der Waals surface area contributed by atoms with Crippen molar-refractivity contribution in [1.82, 2.24) is 5.32 Å². The Morgan fingerprint density at radius 2 is 1.88 bits per heavy atom. The quantitative estimate of drug-likeness (QED) is 0.548. The van der Waals surface area contributed by atoms with Crippen molar-refractivity contribution in [3.05, 3.63) is 59.9 Å². The zero-order valence-corrected chi connectivity index (χ0v) is 19.2. The summed E-state index contributed by atoms with van der Waals surface area (Å²) < 4.78 is 44.1. The molecule has 1 heterocycles. The van der Waals surface area contributed by atoms with E-state index in [1.54, 1.807) is 24.3 Å². The lowest BCUT2D eigenvalue weighted by molar-refractivity contribution is -0.116. The first kappa shape index (κ1) is 24.7. The number of ether oxygens (including phenoxy) is 1. The van der Waals surface area contributed by atoms with Gasteiger partial charge in [-0.1, -0.05) is 12.1 Å². The third-order valence-corrected chi connectivity index (χ3v) is 6.43. The van der Waals surface area contributed by atoms with Crippen LogP contribution in [0.1, 0.15) is 36.0 Å². The second-order valence-electron chi connectivity index (χ2n) is 7.85. The number of benzene rings is 2. The number of anilines is 2. The van der Waals surface area contributed by atoms with E-state index in [0.717, 1.165) is 23.4 Å². The topological polar surface area (TPSA) is 105 Å². The van der Waals surface area contributed by atoms with Gasteiger partial charge in [-0.15, -0.1) is 0 Å². The number of nitrogens with one attached hydrogen (secondary N) is 2. The van der Waals surface area contributed by atoms with E-state index in [2.05, 4.69) is 10.6 Å². The summed E-state index contributed by atoms with van der Waals surface area (Å²) in [5, 5.41) is 5.57. The fraction of sp³-hybridized carbons (Fsp3) is 0.391. The lowest BCUT2D eigenvalue weighted by atomic mass is 10.1. The number of para-hydroxylation sites is 1. The van der Waals surface area contributed by atoms with Crippen molar-refractivity contribution < 1.29 is 27.1 Å². The molecular formula is C23H28FN3O5S. The monoisotopic (exact) mass is 477 g/mol. The second kappa shape index (κ2) is 11.2. The molecule has 1 atom stereocenters. The van der Waals surface area contributed by atoms with Crippen LogP contribution in [0.15, 0.2) is 48.5 Å². The standard InChI is InChI=1S/C23H28FN3O5S/c1-33(30,31)27(18-12-10-17(24)11-13-18)14-4-9-22(28)26-21-8-3-2-7-20(21)23(29)25-16-19-6-5-15-32-19/h2-3,7-8,10-13,19H,4-6,9,14-16H2,1H3,(H,25,29)(H,26,28)/t19-/m1/s1. The maximum absolute atomic E-state index is 13.2. The van der Waals surface area contributed by atoms with E-state index in [4.69, 9.17) is 4.74 Å². The summed E-state index contributed by atoms with van der Waals surface area (Å²) in [5.74, 6) is -1.12. The number of carbonyl (C=O) groups excluding carboxylic acids is 2. The van der Waals surface area contributed by atoms with Gasteiger partial charge in [-0.2, -0.15) is 0 Å². The van der Waals surface area contributed by atoms with Crippen LogP contribution in [0.2, 0.25) is 0 Å². The van der Waals surface area contributed by atoms with Crippen molar-refractivity contribution in [3.63, 3.8) is 0 Å². The molecule has 178 valence electrons. The Balaban J connectivity index is 1.56. The highest BCUT2D eigenvalue weighted by molar-refractivity contribution is 7.92. The first-order valence-corrected chi connectivity index (χ1v) is 12.6. The van der Waals surface area contributed by atoms with Crippen molar-refractivity contribution >= 4 is 33.2 Å². The van der Waals surface area contributed by atoms with Crippen LogP contribution in [0.25, 0.3) is 0 Å². The molecule has 2 amide bonds. The molecule has 2 N–H and O–H groups in total. The Morgan fingerprint density at radius 3 is 2.55 bits per heavy atom. The van der Waals surface area contributed by atoms with E-state index in [9.17, 15) is 22.4 Å². The van der Waals surface area contributed by atoms with Crippen molar-refractivity contribution in [2.75, 3.05) is 35.6 Å². The Labute approximate surface area is 193 Å².